The van der Waals surface area contributed by atoms with Gasteiger partial charge in [-0.15, -0.1) is 0 Å². The van der Waals surface area contributed by atoms with Crippen LogP contribution in [-0.4, -0.2) is 10.9 Å². The van der Waals surface area contributed by atoms with Crippen LogP contribution in [0.1, 0.15) is 22.8 Å². The summed E-state index contributed by atoms with van der Waals surface area (Å²) in [4.78, 5) is 16.7. The van der Waals surface area contributed by atoms with Gasteiger partial charge in [0, 0.05) is 12.3 Å². The summed E-state index contributed by atoms with van der Waals surface area (Å²) in [5, 5.41) is 3.12. The van der Waals surface area contributed by atoms with Gasteiger partial charge in [-0.25, -0.2) is 9.37 Å². The third kappa shape index (κ3) is 2.23. The molecule has 1 amide bonds. The first-order valence-electron chi connectivity index (χ1n) is 5.55. The number of hydrogen-bond donors (Lipinski definition) is 2. The average molecular weight is 342 g/mol. The van der Waals surface area contributed by atoms with E-state index in [1.54, 1.807) is 12.1 Å². The lowest BCUT2D eigenvalue weighted by molar-refractivity contribution is -0.116. The minimum atomic E-state index is -0.326. The van der Waals surface area contributed by atoms with Crippen LogP contribution in [0.5, 0.6) is 0 Å². The van der Waals surface area contributed by atoms with Crippen molar-refractivity contribution in [2.45, 2.75) is 12.3 Å². The molecule has 0 fully saturated rings. The Hall–Kier alpha value is -1.47. The number of hydrogen-bond acceptors (Lipinski definition) is 4. The van der Waals surface area contributed by atoms with Crippen LogP contribution in [0.2, 0.25) is 0 Å². The first kappa shape index (κ1) is 12.6. The van der Waals surface area contributed by atoms with E-state index in [4.69, 9.17) is 5.73 Å². The number of halogens is 2. The fourth-order valence-electron chi connectivity index (χ4n) is 2.13. The summed E-state index contributed by atoms with van der Waals surface area (Å²) in [6.45, 7) is 0. The minimum Gasteiger partial charge on any atom is -0.375 e. The maximum Gasteiger partial charge on any atom is 0.226 e. The normalized spacial score (nSPS) is 18.0. The summed E-state index contributed by atoms with van der Waals surface area (Å²) >= 11 is 4.51. The zero-order valence-corrected chi connectivity index (χ0v) is 12.0. The molecule has 0 aliphatic carbocycles. The van der Waals surface area contributed by atoms with Crippen molar-refractivity contribution < 1.29 is 9.18 Å². The summed E-state index contributed by atoms with van der Waals surface area (Å²) in [7, 11) is 0. The molecule has 0 bridgehead atoms. The largest absolute Gasteiger partial charge is 0.375 e. The van der Waals surface area contributed by atoms with Crippen LogP contribution in [0.4, 0.5) is 15.3 Å². The van der Waals surface area contributed by atoms with Gasteiger partial charge in [-0.1, -0.05) is 17.4 Å². The quantitative estimate of drug-likeness (QED) is 0.837. The highest BCUT2D eigenvalue weighted by Crippen LogP contribution is 2.42. The molecule has 0 saturated carbocycles. The van der Waals surface area contributed by atoms with Crippen LogP contribution in [0.15, 0.2) is 22.7 Å². The molecule has 3 rings (SSSR count). The van der Waals surface area contributed by atoms with E-state index in [9.17, 15) is 9.18 Å². The topological polar surface area (TPSA) is 68.0 Å². The first-order valence-corrected chi connectivity index (χ1v) is 7.16. The van der Waals surface area contributed by atoms with E-state index in [0.717, 1.165) is 10.4 Å². The van der Waals surface area contributed by atoms with Crippen LogP contribution in [-0.2, 0) is 4.79 Å². The highest BCUT2D eigenvalue weighted by atomic mass is 79.9. The van der Waals surface area contributed by atoms with Gasteiger partial charge in [0.05, 0.1) is 9.35 Å². The van der Waals surface area contributed by atoms with Crippen molar-refractivity contribution in [3.8, 4) is 0 Å². The zero-order chi connectivity index (χ0) is 13.6. The predicted molar refractivity (Wildman–Crippen MR) is 75.7 cm³/mol. The minimum absolute atomic E-state index is 0.108. The van der Waals surface area contributed by atoms with Gasteiger partial charge in [-0.2, -0.15) is 0 Å². The highest BCUT2D eigenvalue weighted by molar-refractivity contribution is 9.10. The lowest BCUT2D eigenvalue weighted by Gasteiger charge is -2.21. The van der Waals surface area contributed by atoms with Crippen molar-refractivity contribution in [1.82, 2.24) is 4.98 Å². The molecule has 0 unspecified atom stereocenters. The number of fused-ring (bicyclic) bond motifs is 1. The highest BCUT2D eigenvalue weighted by Gasteiger charge is 2.30. The van der Waals surface area contributed by atoms with Gasteiger partial charge in [0.2, 0.25) is 5.91 Å². The van der Waals surface area contributed by atoms with Crippen LogP contribution >= 0.6 is 27.3 Å². The van der Waals surface area contributed by atoms with Crippen molar-refractivity contribution in [3.63, 3.8) is 0 Å². The Kier molecular flexibility index (Phi) is 3.02. The molecule has 98 valence electrons. The number of carbonyl (C=O) groups excluding carboxylic acids is 1. The summed E-state index contributed by atoms with van der Waals surface area (Å²) in [6, 6.07) is 4.76. The Labute approximate surface area is 121 Å². The fraction of sp³-hybridized carbons (Fsp3) is 0.167. The number of nitrogens with two attached hydrogens (primary N) is 1. The zero-order valence-electron chi connectivity index (χ0n) is 9.61. The monoisotopic (exact) mass is 341 g/mol. The molecule has 7 heteroatoms. The number of nitrogen functional groups attached to an aromatic ring is 1. The molecule has 1 aliphatic rings. The van der Waals surface area contributed by atoms with Crippen molar-refractivity contribution in [3.05, 3.63) is 38.9 Å². The lowest BCUT2D eigenvalue weighted by atomic mass is 9.91. The second kappa shape index (κ2) is 4.57. The number of amides is 1. The number of anilines is 2. The number of thiazole rings is 1. The SMILES string of the molecule is Nc1nc2c(s1)[C@@H](c1ccc(F)c(Br)c1)CC(=O)N2. The van der Waals surface area contributed by atoms with E-state index in [2.05, 4.69) is 26.2 Å². The molecule has 2 aromatic rings. The Balaban J connectivity index is 2.09. The molecule has 1 aliphatic heterocycles. The van der Waals surface area contributed by atoms with Crippen LogP contribution in [0, 0.1) is 5.82 Å². The van der Waals surface area contributed by atoms with Crippen molar-refractivity contribution >= 4 is 44.1 Å². The number of nitrogens with zero attached hydrogens (tertiary/aromatic N) is 1. The van der Waals surface area contributed by atoms with E-state index in [1.165, 1.54) is 17.4 Å². The van der Waals surface area contributed by atoms with E-state index < -0.39 is 0 Å². The van der Waals surface area contributed by atoms with Crippen LogP contribution in [0.25, 0.3) is 0 Å². The molecular weight excluding hydrogens is 333 g/mol. The average Bonchev–Trinajstić information content (AvgIpc) is 2.72. The summed E-state index contributed by atoms with van der Waals surface area (Å²) in [5.41, 5.74) is 6.55. The third-order valence-electron chi connectivity index (χ3n) is 2.98. The molecule has 4 nitrogen and oxygen atoms in total. The second-order valence-corrected chi connectivity index (χ2v) is 6.16. The van der Waals surface area contributed by atoms with E-state index in [0.29, 0.717) is 21.8 Å². The van der Waals surface area contributed by atoms with Crippen molar-refractivity contribution in [2.24, 2.45) is 0 Å². The smallest absolute Gasteiger partial charge is 0.226 e. The molecule has 3 N–H and O–H groups in total. The maximum absolute atomic E-state index is 13.3. The molecule has 19 heavy (non-hydrogen) atoms. The second-order valence-electron chi connectivity index (χ2n) is 4.24. The van der Waals surface area contributed by atoms with Gasteiger partial charge in [0.25, 0.3) is 0 Å². The Morgan fingerprint density at radius 3 is 3.05 bits per heavy atom. The third-order valence-corrected chi connectivity index (χ3v) is 4.59. The molecule has 2 heterocycles. The van der Waals surface area contributed by atoms with Gasteiger partial charge in [-0.3, -0.25) is 4.79 Å². The standard InChI is InChI=1S/C12H9BrFN3OS/c13-7-3-5(1-2-8(7)14)6-4-9(18)16-11-10(6)19-12(15)17-11/h1-3,6H,4H2,(H2,15,17)(H,16,18)/t6-/m1/s1. The van der Waals surface area contributed by atoms with Gasteiger partial charge >= 0.3 is 0 Å². The number of aromatic nitrogens is 1. The first-order chi connectivity index (χ1) is 9.04. The molecule has 1 atom stereocenters. The molecular formula is C12H9BrFN3OS. The number of nitrogens with one attached hydrogen (secondary N) is 1. The van der Waals surface area contributed by atoms with Crippen LogP contribution < -0.4 is 11.1 Å². The Morgan fingerprint density at radius 2 is 2.32 bits per heavy atom. The van der Waals surface area contributed by atoms with E-state index in [-0.39, 0.29) is 17.6 Å². The van der Waals surface area contributed by atoms with Gasteiger partial charge < -0.3 is 11.1 Å². The number of benzene rings is 1. The fourth-order valence-corrected chi connectivity index (χ4v) is 3.45. The molecule has 0 saturated heterocycles. The molecule has 1 aromatic heterocycles. The van der Waals surface area contributed by atoms with Gasteiger partial charge in [0.1, 0.15) is 11.6 Å². The number of carbonyl (C=O) groups is 1. The Bertz CT molecular complexity index is 673. The summed E-state index contributed by atoms with van der Waals surface area (Å²) in [5.74, 6) is -0.0454. The Morgan fingerprint density at radius 1 is 1.53 bits per heavy atom. The van der Waals surface area contributed by atoms with Crippen LogP contribution in [0.3, 0.4) is 0 Å². The predicted octanol–water partition coefficient (Wildman–Crippen LogP) is 3.10. The summed E-state index contributed by atoms with van der Waals surface area (Å²) < 4.78 is 13.7. The molecule has 1 aromatic carbocycles. The van der Waals surface area contributed by atoms with Crippen molar-refractivity contribution in [1.29, 1.82) is 0 Å². The van der Waals surface area contributed by atoms with Crippen molar-refractivity contribution in [2.75, 3.05) is 11.1 Å². The maximum atomic E-state index is 13.3. The molecule has 0 radical (unpaired) electrons. The van der Waals surface area contributed by atoms with Gasteiger partial charge in [0.15, 0.2) is 5.13 Å². The number of rotatable bonds is 1. The van der Waals surface area contributed by atoms with E-state index >= 15 is 0 Å². The lowest BCUT2D eigenvalue weighted by Crippen LogP contribution is -2.22. The van der Waals surface area contributed by atoms with E-state index in [1.807, 2.05) is 0 Å². The van der Waals surface area contributed by atoms with Gasteiger partial charge in [-0.05, 0) is 33.6 Å². The summed E-state index contributed by atoms with van der Waals surface area (Å²) in [6.07, 6.45) is 0.312. The molecule has 0 spiro atoms.